The zero-order valence-electron chi connectivity index (χ0n) is 11.0. The lowest BCUT2D eigenvalue weighted by molar-refractivity contribution is -0.137. The molecular formula is C14H14F3NOS. The summed E-state index contributed by atoms with van der Waals surface area (Å²) in [5.41, 5.74) is -0.667. The van der Waals surface area contributed by atoms with Crippen LogP contribution < -0.4 is 10.1 Å². The number of ether oxygens (including phenoxy) is 1. The SMILES string of the molecule is COc1ccc(NC(C)c2cccs2)c(C(F)(F)F)c1. The molecule has 0 amide bonds. The average Bonchev–Trinajstić information content (AvgIpc) is 2.91. The molecule has 0 spiro atoms. The smallest absolute Gasteiger partial charge is 0.418 e. The molecule has 0 radical (unpaired) electrons. The Balaban J connectivity index is 2.31. The van der Waals surface area contributed by atoms with Crippen LogP contribution in [0.25, 0.3) is 0 Å². The van der Waals surface area contributed by atoms with E-state index < -0.39 is 11.7 Å². The predicted molar refractivity (Wildman–Crippen MR) is 74.4 cm³/mol. The molecule has 1 unspecified atom stereocenters. The highest BCUT2D eigenvalue weighted by atomic mass is 32.1. The van der Waals surface area contributed by atoms with E-state index in [1.54, 1.807) is 0 Å². The molecule has 0 aliphatic heterocycles. The normalized spacial score (nSPS) is 13.1. The molecule has 1 N–H and O–H groups in total. The maximum absolute atomic E-state index is 13.1. The fourth-order valence-electron chi connectivity index (χ4n) is 1.85. The van der Waals surface area contributed by atoms with Crippen LogP contribution in [0.15, 0.2) is 35.7 Å². The van der Waals surface area contributed by atoms with Gasteiger partial charge in [0.1, 0.15) is 5.75 Å². The molecule has 2 rings (SSSR count). The number of rotatable bonds is 4. The first kappa shape index (κ1) is 14.7. The number of nitrogens with one attached hydrogen (secondary N) is 1. The van der Waals surface area contributed by atoms with Crippen molar-refractivity contribution in [2.24, 2.45) is 0 Å². The second-order valence-corrected chi connectivity index (χ2v) is 5.27. The minimum atomic E-state index is -4.42. The van der Waals surface area contributed by atoms with E-state index in [0.29, 0.717) is 0 Å². The number of anilines is 1. The maximum Gasteiger partial charge on any atom is 0.418 e. The van der Waals surface area contributed by atoms with Crippen LogP contribution in [0.4, 0.5) is 18.9 Å². The van der Waals surface area contributed by atoms with Crippen molar-refractivity contribution in [1.82, 2.24) is 0 Å². The van der Waals surface area contributed by atoms with Gasteiger partial charge in [0.05, 0.1) is 18.7 Å². The summed E-state index contributed by atoms with van der Waals surface area (Å²) in [6, 6.07) is 7.48. The van der Waals surface area contributed by atoms with Gasteiger partial charge in [-0.15, -0.1) is 11.3 Å². The fourth-order valence-corrected chi connectivity index (χ4v) is 2.59. The largest absolute Gasteiger partial charge is 0.497 e. The molecule has 1 aromatic carbocycles. The quantitative estimate of drug-likeness (QED) is 0.863. The molecule has 6 heteroatoms. The third kappa shape index (κ3) is 3.25. The molecule has 0 aliphatic carbocycles. The van der Waals surface area contributed by atoms with E-state index in [-0.39, 0.29) is 17.5 Å². The van der Waals surface area contributed by atoms with Crippen molar-refractivity contribution in [3.05, 3.63) is 46.2 Å². The molecule has 0 fully saturated rings. The summed E-state index contributed by atoms with van der Waals surface area (Å²) in [7, 11) is 1.34. The molecule has 108 valence electrons. The Morgan fingerprint density at radius 2 is 2.00 bits per heavy atom. The van der Waals surface area contributed by atoms with Gasteiger partial charge in [-0.1, -0.05) is 6.07 Å². The molecule has 0 saturated carbocycles. The summed E-state index contributed by atoms with van der Waals surface area (Å²) in [4.78, 5) is 0.981. The molecule has 0 saturated heterocycles. The van der Waals surface area contributed by atoms with Crippen LogP contribution in [0.1, 0.15) is 23.4 Å². The van der Waals surface area contributed by atoms with Gasteiger partial charge in [-0.3, -0.25) is 0 Å². The Hall–Kier alpha value is -1.69. The summed E-state index contributed by atoms with van der Waals surface area (Å²) in [5, 5.41) is 4.80. The van der Waals surface area contributed by atoms with E-state index >= 15 is 0 Å². The van der Waals surface area contributed by atoms with Crippen LogP contribution in [0.5, 0.6) is 5.75 Å². The third-order valence-electron chi connectivity index (χ3n) is 2.87. The standard InChI is InChI=1S/C14H14F3NOS/c1-9(13-4-3-7-20-13)18-12-6-5-10(19-2)8-11(12)14(15,16)17/h3-9,18H,1-2H3. The number of benzene rings is 1. The van der Waals surface area contributed by atoms with Gasteiger partial charge in [-0.2, -0.15) is 13.2 Å². The first-order valence-corrected chi connectivity index (χ1v) is 6.85. The molecule has 0 bridgehead atoms. The van der Waals surface area contributed by atoms with Gasteiger partial charge in [0.25, 0.3) is 0 Å². The fraction of sp³-hybridized carbons (Fsp3) is 0.286. The lowest BCUT2D eigenvalue weighted by Crippen LogP contribution is -2.13. The van der Waals surface area contributed by atoms with Crippen LogP contribution in [0, 0.1) is 0 Å². The number of methoxy groups -OCH3 is 1. The minimum absolute atomic E-state index is 0.0548. The van der Waals surface area contributed by atoms with Gasteiger partial charge in [-0.25, -0.2) is 0 Å². The van der Waals surface area contributed by atoms with Gasteiger partial charge >= 0.3 is 6.18 Å². The second kappa shape index (κ2) is 5.75. The van der Waals surface area contributed by atoms with Crippen molar-refractivity contribution in [1.29, 1.82) is 0 Å². The third-order valence-corrected chi connectivity index (χ3v) is 3.93. The van der Waals surface area contributed by atoms with Gasteiger partial charge < -0.3 is 10.1 Å². The Bertz CT molecular complexity index is 566. The molecule has 20 heavy (non-hydrogen) atoms. The van der Waals surface area contributed by atoms with Gasteiger partial charge in [0.2, 0.25) is 0 Å². The molecule has 2 aromatic rings. The molecule has 1 heterocycles. The monoisotopic (exact) mass is 301 g/mol. The summed E-state index contributed by atoms with van der Waals surface area (Å²) in [6.45, 7) is 1.83. The Labute approximate surface area is 119 Å². The van der Waals surface area contributed by atoms with E-state index in [0.717, 1.165) is 10.9 Å². The summed E-state index contributed by atoms with van der Waals surface area (Å²) >= 11 is 1.50. The maximum atomic E-state index is 13.1. The van der Waals surface area contributed by atoms with E-state index in [2.05, 4.69) is 5.32 Å². The Morgan fingerprint density at radius 1 is 1.25 bits per heavy atom. The summed E-state index contributed by atoms with van der Waals surface area (Å²) < 4.78 is 44.1. The van der Waals surface area contributed by atoms with Crippen LogP contribution in [0.3, 0.4) is 0 Å². The van der Waals surface area contributed by atoms with Gasteiger partial charge in [0.15, 0.2) is 0 Å². The van der Waals surface area contributed by atoms with Crippen molar-refractivity contribution in [3.8, 4) is 5.75 Å². The van der Waals surface area contributed by atoms with E-state index in [1.807, 2.05) is 24.4 Å². The van der Waals surface area contributed by atoms with Crippen LogP contribution in [0.2, 0.25) is 0 Å². The van der Waals surface area contributed by atoms with Crippen LogP contribution >= 0.6 is 11.3 Å². The van der Waals surface area contributed by atoms with Crippen molar-refractivity contribution < 1.29 is 17.9 Å². The number of alkyl halides is 3. The van der Waals surface area contributed by atoms with Crippen molar-refractivity contribution >= 4 is 17.0 Å². The first-order chi connectivity index (χ1) is 9.41. The minimum Gasteiger partial charge on any atom is -0.497 e. The highest BCUT2D eigenvalue weighted by Gasteiger charge is 2.34. The molecule has 1 atom stereocenters. The molecular weight excluding hydrogens is 287 g/mol. The van der Waals surface area contributed by atoms with Crippen molar-refractivity contribution in [2.75, 3.05) is 12.4 Å². The molecule has 2 nitrogen and oxygen atoms in total. The molecule has 1 aromatic heterocycles. The zero-order valence-corrected chi connectivity index (χ0v) is 11.8. The topological polar surface area (TPSA) is 21.3 Å². The summed E-state index contributed by atoms with van der Waals surface area (Å²) in [6.07, 6.45) is -4.42. The summed E-state index contributed by atoms with van der Waals surface area (Å²) in [5.74, 6) is 0.187. The van der Waals surface area contributed by atoms with E-state index in [1.165, 1.54) is 30.6 Å². The predicted octanol–water partition coefficient (Wildman–Crippen LogP) is 4.95. The average molecular weight is 301 g/mol. The van der Waals surface area contributed by atoms with Gasteiger partial charge in [-0.05, 0) is 36.6 Å². The second-order valence-electron chi connectivity index (χ2n) is 4.29. The number of hydrogen-bond donors (Lipinski definition) is 1. The van der Waals surface area contributed by atoms with Crippen molar-refractivity contribution in [3.63, 3.8) is 0 Å². The van der Waals surface area contributed by atoms with Crippen LogP contribution in [-0.2, 0) is 6.18 Å². The van der Waals surface area contributed by atoms with E-state index in [4.69, 9.17) is 4.74 Å². The van der Waals surface area contributed by atoms with Gasteiger partial charge in [0, 0.05) is 10.6 Å². The highest BCUT2D eigenvalue weighted by Crippen LogP contribution is 2.38. The van der Waals surface area contributed by atoms with Crippen LogP contribution in [-0.4, -0.2) is 7.11 Å². The van der Waals surface area contributed by atoms with Crippen molar-refractivity contribution in [2.45, 2.75) is 19.1 Å². The number of hydrogen-bond acceptors (Lipinski definition) is 3. The van der Waals surface area contributed by atoms with E-state index in [9.17, 15) is 13.2 Å². The highest BCUT2D eigenvalue weighted by molar-refractivity contribution is 7.10. The Morgan fingerprint density at radius 3 is 2.55 bits per heavy atom. The number of halogens is 3. The zero-order chi connectivity index (χ0) is 14.8. The lowest BCUT2D eigenvalue weighted by atomic mass is 10.1. The first-order valence-electron chi connectivity index (χ1n) is 5.97. The lowest BCUT2D eigenvalue weighted by Gasteiger charge is -2.19. The molecule has 0 aliphatic rings. The Kier molecular flexibility index (Phi) is 4.23. The number of thiophene rings is 1.